The van der Waals surface area contributed by atoms with Crippen LogP contribution in [0.5, 0.6) is 5.75 Å². The smallest absolute Gasteiger partial charge is 0.354 e. The van der Waals surface area contributed by atoms with Gasteiger partial charge in [0.15, 0.2) is 0 Å². The van der Waals surface area contributed by atoms with Crippen molar-refractivity contribution in [2.24, 2.45) is 0 Å². The summed E-state index contributed by atoms with van der Waals surface area (Å²) in [6.45, 7) is 0. The number of benzene rings is 1. The summed E-state index contributed by atoms with van der Waals surface area (Å²) in [4.78, 5) is 22.8. The van der Waals surface area contributed by atoms with Crippen molar-refractivity contribution < 1.29 is 9.66 Å². The van der Waals surface area contributed by atoms with Crippen LogP contribution in [0.25, 0.3) is 5.82 Å². The highest BCUT2D eigenvalue weighted by Crippen LogP contribution is 2.34. The number of nitrogens with one attached hydrogen (secondary N) is 1. The van der Waals surface area contributed by atoms with Crippen LogP contribution in [-0.4, -0.2) is 31.6 Å². The molecule has 1 aromatic carbocycles. The molecule has 0 saturated heterocycles. The Hall–Kier alpha value is -3.20. The van der Waals surface area contributed by atoms with Gasteiger partial charge in [0.1, 0.15) is 18.4 Å². The number of nitro groups is 1. The summed E-state index contributed by atoms with van der Waals surface area (Å²) in [5, 5.41) is 14.9. The Bertz CT molecular complexity index is 884. The number of imidazole rings is 1. The van der Waals surface area contributed by atoms with Gasteiger partial charge < -0.3 is 10.1 Å². The molecule has 0 amide bonds. The Balaban J connectivity index is 2.11. The standard InChI is InChI=1S/C14H11ClN6O3/c1-24-11-3-2-9(15)6-10(11)19-13-12(21(22)23)14(18-7-17-13)20-5-4-16-8-20/h2-8H,1H3,(H,17,18,19). The molecule has 0 bridgehead atoms. The lowest BCUT2D eigenvalue weighted by molar-refractivity contribution is -0.384. The molecule has 10 heteroatoms. The zero-order valence-electron chi connectivity index (χ0n) is 12.4. The molecule has 0 aliphatic carbocycles. The third kappa shape index (κ3) is 2.97. The Morgan fingerprint density at radius 1 is 1.38 bits per heavy atom. The van der Waals surface area contributed by atoms with E-state index in [0.29, 0.717) is 16.5 Å². The fourth-order valence-electron chi connectivity index (χ4n) is 2.11. The van der Waals surface area contributed by atoms with Crippen LogP contribution in [0.3, 0.4) is 0 Å². The molecule has 3 rings (SSSR count). The van der Waals surface area contributed by atoms with Crippen LogP contribution in [0.4, 0.5) is 17.2 Å². The zero-order valence-corrected chi connectivity index (χ0v) is 13.1. The van der Waals surface area contributed by atoms with E-state index in [4.69, 9.17) is 16.3 Å². The molecule has 0 aliphatic heterocycles. The van der Waals surface area contributed by atoms with Crippen LogP contribution >= 0.6 is 11.6 Å². The zero-order chi connectivity index (χ0) is 17.1. The van der Waals surface area contributed by atoms with Crippen molar-refractivity contribution in [3.05, 3.63) is 58.4 Å². The molecule has 2 aromatic heterocycles. The monoisotopic (exact) mass is 346 g/mol. The van der Waals surface area contributed by atoms with Crippen molar-refractivity contribution in [1.29, 1.82) is 0 Å². The summed E-state index contributed by atoms with van der Waals surface area (Å²) in [6, 6.07) is 4.88. The number of halogens is 1. The predicted octanol–water partition coefficient (Wildman–Crippen LogP) is 2.98. The normalized spacial score (nSPS) is 10.4. The van der Waals surface area contributed by atoms with Crippen LogP contribution < -0.4 is 10.1 Å². The average molecular weight is 347 g/mol. The maximum absolute atomic E-state index is 11.5. The van der Waals surface area contributed by atoms with Gasteiger partial charge in [-0.15, -0.1) is 0 Å². The van der Waals surface area contributed by atoms with Gasteiger partial charge in [-0.1, -0.05) is 11.6 Å². The van der Waals surface area contributed by atoms with Gasteiger partial charge in [-0.25, -0.2) is 15.0 Å². The Morgan fingerprint density at radius 2 is 2.21 bits per heavy atom. The number of hydrogen-bond donors (Lipinski definition) is 1. The molecule has 9 nitrogen and oxygen atoms in total. The van der Waals surface area contributed by atoms with Crippen LogP contribution in [0.1, 0.15) is 0 Å². The SMILES string of the molecule is COc1ccc(Cl)cc1Nc1ncnc(-n2ccnc2)c1[N+](=O)[O-]. The van der Waals surface area contributed by atoms with E-state index in [1.807, 2.05) is 0 Å². The summed E-state index contributed by atoms with van der Waals surface area (Å²) in [7, 11) is 1.49. The Labute approximate surface area is 141 Å². The second-order valence-corrected chi connectivity index (χ2v) is 5.03. The molecule has 0 spiro atoms. The quantitative estimate of drug-likeness (QED) is 0.558. The number of nitrogens with zero attached hydrogens (tertiary/aromatic N) is 5. The first-order chi connectivity index (χ1) is 11.6. The van der Waals surface area contributed by atoms with Gasteiger partial charge in [0.25, 0.3) is 0 Å². The van der Waals surface area contributed by atoms with Gasteiger partial charge in [-0.2, -0.15) is 0 Å². The average Bonchev–Trinajstić information content (AvgIpc) is 3.09. The van der Waals surface area contributed by atoms with E-state index in [9.17, 15) is 10.1 Å². The summed E-state index contributed by atoms with van der Waals surface area (Å²) >= 11 is 5.98. The molecule has 0 radical (unpaired) electrons. The topological polar surface area (TPSA) is 108 Å². The van der Waals surface area contributed by atoms with E-state index < -0.39 is 4.92 Å². The van der Waals surface area contributed by atoms with Gasteiger partial charge in [0, 0.05) is 17.4 Å². The third-order valence-corrected chi connectivity index (χ3v) is 3.38. The van der Waals surface area contributed by atoms with Gasteiger partial charge in [-0.3, -0.25) is 14.7 Å². The van der Waals surface area contributed by atoms with Gasteiger partial charge in [0.05, 0.1) is 17.7 Å². The molecule has 2 heterocycles. The molecular formula is C14H11ClN6O3. The molecule has 0 aliphatic rings. The second kappa shape index (κ2) is 6.50. The number of rotatable bonds is 5. The number of aromatic nitrogens is 4. The molecular weight excluding hydrogens is 336 g/mol. The van der Waals surface area contributed by atoms with Crippen molar-refractivity contribution in [1.82, 2.24) is 19.5 Å². The first-order valence-corrected chi connectivity index (χ1v) is 7.06. The van der Waals surface area contributed by atoms with Crippen LogP contribution in [0.2, 0.25) is 5.02 Å². The molecule has 24 heavy (non-hydrogen) atoms. The minimum atomic E-state index is -0.561. The Kier molecular flexibility index (Phi) is 4.25. The number of methoxy groups -OCH3 is 1. The van der Waals surface area contributed by atoms with Crippen molar-refractivity contribution in [3.63, 3.8) is 0 Å². The lowest BCUT2D eigenvalue weighted by Crippen LogP contribution is -2.07. The number of ether oxygens (including phenoxy) is 1. The molecule has 122 valence electrons. The number of hydrogen-bond acceptors (Lipinski definition) is 7. The molecule has 0 unspecified atom stereocenters. The highest BCUT2D eigenvalue weighted by Gasteiger charge is 2.25. The van der Waals surface area contributed by atoms with Crippen molar-refractivity contribution in [2.45, 2.75) is 0 Å². The van der Waals surface area contributed by atoms with Crippen molar-refractivity contribution in [3.8, 4) is 11.6 Å². The fourth-order valence-corrected chi connectivity index (χ4v) is 2.28. The van der Waals surface area contributed by atoms with Gasteiger partial charge in [0.2, 0.25) is 11.6 Å². The highest BCUT2D eigenvalue weighted by molar-refractivity contribution is 6.31. The lowest BCUT2D eigenvalue weighted by atomic mass is 10.3. The van der Waals surface area contributed by atoms with Crippen LogP contribution in [0.15, 0.2) is 43.2 Å². The first-order valence-electron chi connectivity index (χ1n) is 6.68. The van der Waals surface area contributed by atoms with Crippen LogP contribution in [-0.2, 0) is 0 Å². The molecule has 0 atom stereocenters. The summed E-state index contributed by atoms with van der Waals surface area (Å²) in [5.74, 6) is 0.576. The summed E-state index contributed by atoms with van der Waals surface area (Å²) < 4.78 is 6.66. The molecule has 3 aromatic rings. The van der Waals surface area contributed by atoms with Crippen LogP contribution in [0, 0.1) is 10.1 Å². The molecule has 0 saturated carbocycles. The molecule has 1 N–H and O–H groups in total. The van der Waals surface area contributed by atoms with Crippen molar-refractivity contribution in [2.75, 3.05) is 12.4 Å². The van der Waals surface area contributed by atoms with Crippen molar-refractivity contribution >= 4 is 28.8 Å². The second-order valence-electron chi connectivity index (χ2n) is 4.59. The third-order valence-electron chi connectivity index (χ3n) is 3.15. The molecule has 0 fully saturated rings. The summed E-state index contributed by atoms with van der Waals surface area (Å²) in [6.07, 6.45) is 5.69. The van der Waals surface area contributed by atoms with E-state index >= 15 is 0 Å². The fraction of sp³-hybridized carbons (Fsp3) is 0.0714. The van der Waals surface area contributed by atoms with Gasteiger partial charge >= 0.3 is 5.69 Å². The Morgan fingerprint density at radius 3 is 2.88 bits per heavy atom. The van der Waals surface area contributed by atoms with E-state index in [1.54, 1.807) is 24.4 Å². The maximum Gasteiger partial charge on any atom is 0.354 e. The first kappa shape index (κ1) is 15.7. The van der Waals surface area contributed by atoms with E-state index in [0.717, 1.165) is 0 Å². The van der Waals surface area contributed by atoms with E-state index in [-0.39, 0.29) is 17.3 Å². The summed E-state index contributed by atoms with van der Waals surface area (Å²) in [5.41, 5.74) is 0.154. The minimum Gasteiger partial charge on any atom is -0.495 e. The minimum absolute atomic E-state index is 0.0132. The predicted molar refractivity (Wildman–Crippen MR) is 87.1 cm³/mol. The van der Waals surface area contributed by atoms with Gasteiger partial charge in [-0.05, 0) is 18.2 Å². The number of anilines is 2. The maximum atomic E-state index is 11.5. The highest BCUT2D eigenvalue weighted by atomic mass is 35.5. The van der Waals surface area contributed by atoms with E-state index in [2.05, 4.69) is 20.3 Å². The largest absolute Gasteiger partial charge is 0.495 e. The lowest BCUT2D eigenvalue weighted by Gasteiger charge is -2.12. The van der Waals surface area contributed by atoms with E-state index in [1.165, 1.54) is 30.5 Å².